The summed E-state index contributed by atoms with van der Waals surface area (Å²) in [5.41, 5.74) is 8.33. The first-order valence-corrected chi connectivity index (χ1v) is 6.42. The number of piperidine rings is 1. The highest BCUT2D eigenvalue weighted by Gasteiger charge is 2.37. The standard InChI is InChI=1S/C13H14F2N4O/c14-7-4-5-9(15)8(6-7)10-2-1-3-11-17-13(12(16)20)18-19(10)11/h4-6,10,13,18H,1-3H2,(H2,16,20). The Hall–Kier alpha value is -2.02. The van der Waals surface area contributed by atoms with E-state index in [0.29, 0.717) is 18.7 Å². The molecule has 3 N–H and O–H groups in total. The van der Waals surface area contributed by atoms with Crippen molar-refractivity contribution in [3.63, 3.8) is 0 Å². The van der Waals surface area contributed by atoms with Gasteiger partial charge in [0, 0.05) is 12.0 Å². The summed E-state index contributed by atoms with van der Waals surface area (Å²) >= 11 is 0. The minimum absolute atomic E-state index is 0.259. The summed E-state index contributed by atoms with van der Waals surface area (Å²) in [5.74, 6) is -0.892. The average molecular weight is 280 g/mol. The van der Waals surface area contributed by atoms with Gasteiger partial charge in [-0.1, -0.05) is 0 Å². The lowest BCUT2D eigenvalue weighted by molar-refractivity contribution is -0.120. The molecule has 3 rings (SSSR count). The van der Waals surface area contributed by atoms with Crippen molar-refractivity contribution in [3.8, 4) is 0 Å². The van der Waals surface area contributed by atoms with E-state index < -0.39 is 23.7 Å². The Bertz CT molecular complexity index is 590. The van der Waals surface area contributed by atoms with Crippen molar-refractivity contribution in [1.29, 1.82) is 0 Å². The average Bonchev–Trinajstić information content (AvgIpc) is 2.85. The molecule has 2 atom stereocenters. The molecule has 0 radical (unpaired) electrons. The van der Waals surface area contributed by atoms with Crippen molar-refractivity contribution in [1.82, 2.24) is 10.4 Å². The molecule has 0 aliphatic carbocycles. The zero-order valence-corrected chi connectivity index (χ0v) is 10.6. The van der Waals surface area contributed by atoms with E-state index in [1.54, 1.807) is 5.01 Å². The number of nitrogens with one attached hydrogen (secondary N) is 1. The number of carbonyl (C=O) groups is 1. The predicted octanol–water partition coefficient (Wildman–Crippen LogP) is 1.22. The molecule has 1 amide bonds. The number of hydrogen-bond donors (Lipinski definition) is 2. The maximum atomic E-state index is 13.9. The molecule has 1 saturated heterocycles. The number of fused-ring (bicyclic) bond motifs is 1. The van der Waals surface area contributed by atoms with Crippen molar-refractivity contribution >= 4 is 11.7 Å². The summed E-state index contributed by atoms with van der Waals surface area (Å²) in [4.78, 5) is 15.4. The van der Waals surface area contributed by atoms with E-state index in [4.69, 9.17) is 5.73 Å². The van der Waals surface area contributed by atoms with E-state index in [1.807, 2.05) is 0 Å². The molecule has 0 bridgehead atoms. The van der Waals surface area contributed by atoms with Crippen molar-refractivity contribution in [2.75, 3.05) is 0 Å². The number of nitrogens with zero attached hydrogens (tertiary/aromatic N) is 2. The third-order valence-electron chi connectivity index (χ3n) is 3.59. The fourth-order valence-electron chi connectivity index (χ4n) is 2.68. The van der Waals surface area contributed by atoms with Crippen LogP contribution in [0.2, 0.25) is 0 Å². The molecule has 1 fully saturated rings. The molecule has 7 heteroatoms. The van der Waals surface area contributed by atoms with Crippen LogP contribution in [0, 0.1) is 11.6 Å². The van der Waals surface area contributed by atoms with Crippen molar-refractivity contribution in [3.05, 3.63) is 35.4 Å². The molecule has 2 aliphatic rings. The zero-order valence-electron chi connectivity index (χ0n) is 10.6. The van der Waals surface area contributed by atoms with Gasteiger partial charge in [-0.25, -0.2) is 13.8 Å². The largest absolute Gasteiger partial charge is 0.367 e. The van der Waals surface area contributed by atoms with Crippen LogP contribution in [-0.2, 0) is 4.79 Å². The van der Waals surface area contributed by atoms with Crippen LogP contribution in [0.1, 0.15) is 30.9 Å². The van der Waals surface area contributed by atoms with Gasteiger partial charge in [0.2, 0.25) is 0 Å². The number of nitrogens with two attached hydrogens (primary N) is 1. The molecule has 2 unspecified atom stereocenters. The van der Waals surface area contributed by atoms with E-state index in [9.17, 15) is 13.6 Å². The number of rotatable bonds is 2. The van der Waals surface area contributed by atoms with Crippen molar-refractivity contribution in [2.45, 2.75) is 31.5 Å². The summed E-state index contributed by atoms with van der Waals surface area (Å²) in [5, 5.41) is 1.64. The van der Waals surface area contributed by atoms with Gasteiger partial charge in [-0.2, -0.15) is 5.43 Å². The smallest absolute Gasteiger partial charge is 0.258 e. The van der Waals surface area contributed by atoms with Gasteiger partial charge in [-0.3, -0.25) is 9.80 Å². The normalized spacial score (nSPS) is 25.3. The lowest BCUT2D eigenvalue weighted by atomic mass is 9.95. The Morgan fingerprint density at radius 2 is 2.25 bits per heavy atom. The molecule has 1 aromatic carbocycles. The number of benzene rings is 1. The van der Waals surface area contributed by atoms with Gasteiger partial charge >= 0.3 is 0 Å². The highest BCUT2D eigenvalue weighted by molar-refractivity contribution is 5.90. The second-order valence-electron chi connectivity index (χ2n) is 4.92. The number of halogens is 2. The molecule has 2 aliphatic heterocycles. The molecule has 20 heavy (non-hydrogen) atoms. The van der Waals surface area contributed by atoms with Crippen LogP contribution in [0.3, 0.4) is 0 Å². The number of hydrazine groups is 1. The van der Waals surface area contributed by atoms with Gasteiger partial charge in [0.25, 0.3) is 5.91 Å². The van der Waals surface area contributed by atoms with Crippen LogP contribution in [0.25, 0.3) is 0 Å². The number of aliphatic imine (C=N–C) groups is 1. The third kappa shape index (κ3) is 2.14. The molecule has 0 aromatic heterocycles. The monoisotopic (exact) mass is 280 g/mol. The number of primary amides is 1. The fourth-order valence-corrected chi connectivity index (χ4v) is 2.68. The first-order valence-electron chi connectivity index (χ1n) is 6.42. The van der Waals surface area contributed by atoms with E-state index in [1.165, 1.54) is 6.07 Å². The SMILES string of the molecule is NC(=O)C1N=C2CCCC(c3cc(F)ccc3F)N2N1. The Balaban J connectivity index is 1.93. The number of amides is 1. The van der Waals surface area contributed by atoms with Gasteiger partial charge in [0.05, 0.1) is 6.04 Å². The Kier molecular flexibility index (Phi) is 3.13. The lowest BCUT2D eigenvalue weighted by Crippen LogP contribution is -2.48. The van der Waals surface area contributed by atoms with Gasteiger partial charge in [0.1, 0.15) is 17.5 Å². The van der Waals surface area contributed by atoms with E-state index >= 15 is 0 Å². The van der Waals surface area contributed by atoms with Crippen LogP contribution in [0.4, 0.5) is 8.78 Å². The summed E-state index contributed by atoms with van der Waals surface area (Å²) in [6.07, 6.45) is 1.30. The summed E-state index contributed by atoms with van der Waals surface area (Å²) in [6.45, 7) is 0. The summed E-state index contributed by atoms with van der Waals surface area (Å²) in [7, 11) is 0. The first-order chi connectivity index (χ1) is 9.56. The predicted molar refractivity (Wildman–Crippen MR) is 68.3 cm³/mol. The molecular weight excluding hydrogens is 266 g/mol. The van der Waals surface area contributed by atoms with Crippen LogP contribution >= 0.6 is 0 Å². The maximum Gasteiger partial charge on any atom is 0.258 e. The lowest BCUT2D eigenvalue weighted by Gasteiger charge is -2.35. The fraction of sp³-hybridized carbons (Fsp3) is 0.385. The van der Waals surface area contributed by atoms with Crippen molar-refractivity contribution < 1.29 is 13.6 Å². The summed E-state index contributed by atoms with van der Waals surface area (Å²) in [6, 6.07) is 2.99. The number of amidine groups is 1. The molecule has 5 nitrogen and oxygen atoms in total. The Morgan fingerprint density at radius 1 is 1.45 bits per heavy atom. The van der Waals surface area contributed by atoms with Gasteiger partial charge in [-0.15, -0.1) is 0 Å². The molecule has 2 heterocycles. The topological polar surface area (TPSA) is 70.7 Å². The van der Waals surface area contributed by atoms with E-state index in [0.717, 1.165) is 18.6 Å². The third-order valence-corrected chi connectivity index (χ3v) is 3.59. The van der Waals surface area contributed by atoms with E-state index in [2.05, 4.69) is 10.4 Å². The van der Waals surface area contributed by atoms with Crippen LogP contribution < -0.4 is 11.2 Å². The van der Waals surface area contributed by atoms with Crippen molar-refractivity contribution in [2.24, 2.45) is 10.7 Å². The van der Waals surface area contributed by atoms with E-state index in [-0.39, 0.29) is 11.6 Å². The van der Waals surface area contributed by atoms with Gasteiger partial charge < -0.3 is 5.73 Å². The second kappa shape index (κ2) is 4.82. The number of carbonyl (C=O) groups excluding carboxylic acids is 1. The second-order valence-corrected chi connectivity index (χ2v) is 4.92. The first kappa shape index (κ1) is 13.0. The minimum atomic E-state index is -0.831. The number of hydrogen-bond acceptors (Lipinski definition) is 4. The molecule has 1 aromatic rings. The minimum Gasteiger partial charge on any atom is -0.367 e. The Labute approximate surface area is 114 Å². The highest BCUT2D eigenvalue weighted by Crippen LogP contribution is 2.34. The van der Waals surface area contributed by atoms with Crippen LogP contribution in [0.15, 0.2) is 23.2 Å². The molecule has 0 saturated carbocycles. The molecule has 0 spiro atoms. The van der Waals surface area contributed by atoms with Crippen LogP contribution in [-0.4, -0.2) is 22.9 Å². The van der Waals surface area contributed by atoms with Crippen LogP contribution in [0.5, 0.6) is 0 Å². The van der Waals surface area contributed by atoms with Gasteiger partial charge in [0.15, 0.2) is 6.17 Å². The summed E-state index contributed by atoms with van der Waals surface area (Å²) < 4.78 is 27.3. The Morgan fingerprint density at radius 3 is 3.00 bits per heavy atom. The zero-order chi connectivity index (χ0) is 14.3. The maximum absolute atomic E-state index is 13.9. The highest BCUT2D eigenvalue weighted by atomic mass is 19.1. The molecular formula is C13H14F2N4O. The quantitative estimate of drug-likeness (QED) is 0.855. The van der Waals surface area contributed by atoms with Gasteiger partial charge in [-0.05, 0) is 31.0 Å². The molecule has 106 valence electrons.